The van der Waals surface area contributed by atoms with Crippen LogP contribution in [0.1, 0.15) is 4.88 Å². The molecule has 2 aromatic heterocycles. The fraction of sp³-hybridized carbons (Fsp3) is 0. The van der Waals surface area contributed by atoms with Crippen molar-refractivity contribution in [2.45, 2.75) is 0 Å². The topological polar surface area (TPSA) is 49.8 Å². The van der Waals surface area contributed by atoms with E-state index in [2.05, 4.69) is 0 Å². The second-order valence-corrected chi connectivity index (χ2v) is 4.57. The lowest BCUT2D eigenvalue weighted by Crippen LogP contribution is -1.81. The van der Waals surface area contributed by atoms with Gasteiger partial charge in [-0.1, -0.05) is 0 Å². The summed E-state index contributed by atoms with van der Waals surface area (Å²) < 4.78 is 13.2. The third kappa shape index (κ3) is 1.39. The van der Waals surface area contributed by atoms with Gasteiger partial charge in [-0.25, -0.2) is 4.39 Å². The van der Waals surface area contributed by atoms with Gasteiger partial charge in [0.15, 0.2) is 0 Å². The van der Waals surface area contributed by atoms with Crippen LogP contribution >= 0.6 is 22.7 Å². The van der Waals surface area contributed by atoms with Crippen LogP contribution in [-0.2, 0) is 0 Å². The first-order chi connectivity index (χ1) is 6.72. The Morgan fingerprint density at radius 3 is 2.79 bits per heavy atom. The van der Waals surface area contributed by atoms with Crippen molar-refractivity contribution in [1.29, 1.82) is 5.26 Å². The molecule has 2 N–H and O–H groups in total. The van der Waals surface area contributed by atoms with Gasteiger partial charge in [-0.15, -0.1) is 22.7 Å². The number of anilines is 1. The van der Waals surface area contributed by atoms with E-state index >= 15 is 0 Å². The van der Waals surface area contributed by atoms with Gasteiger partial charge >= 0.3 is 0 Å². The van der Waals surface area contributed by atoms with Crippen LogP contribution < -0.4 is 5.73 Å². The molecule has 0 fully saturated rings. The Morgan fingerprint density at radius 1 is 1.50 bits per heavy atom. The minimum Gasteiger partial charge on any atom is -0.397 e. The molecule has 0 amide bonds. The van der Waals surface area contributed by atoms with E-state index in [-0.39, 0.29) is 5.82 Å². The number of hydrogen-bond donors (Lipinski definition) is 1. The van der Waals surface area contributed by atoms with Crippen molar-refractivity contribution >= 4 is 28.4 Å². The van der Waals surface area contributed by atoms with Crippen LogP contribution in [0.2, 0.25) is 0 Å². The van der Waals surface area contributed by atoms with Crippen LogP contribution in [0.4, 0.5) is 10.1 Å². The molecule has 0 bridgehead atoms. The van der Waals surface area contributed by atoms with E-state index in [1.807, 2.05) is 6.07 Å². The van der Waals surface area contributed by atoms with Crippen molar-refractivity contribution in [3.8, 4) is 15.8 Å². The van der Waals surface area contributed by atoms with Gasteiger partial charge < -0.3 is 5.73 Å². The van der Waals surface area contributed by atoms with Gasteiger partial charge in [-0.3, -0.25) is 0 Å². The molecule has 0 aliphatic heterocycles. The largest absolute Gasteiger partial charge is 0.397 e. The highest BCUT2D eigenvalue weighted by Crippen LogP contribution is 2.36. The van der Waals surface area contributed by atoms with Gasteiger partial charge in [-0.2, -0.15) is 5.26 Å². The average molecular weight is 224 g/mol. The lowest BCUT2D eigenvalue weighted by atomic mass is 10.3. The zero-order chi connectivity index (χ0) is 10.1. The molecule has 0 atom stereocenters. The summed E-state index contributed by atoms with van der Waals surface area (Å²) >= 11 is 2.52. The summed E-state index contributed by atoms with van der Waals surface area (Å²) in [5.74, 6) is -0.263. The van der Waals surface area contributed by atoms with E-state index in [4.69, 9.17) is 11.0 Å². The maximum absolute atomic E-state index is 13.2. The lowest BCUT2D eigenvalue weighted by molar-refractivity contribution is 0.636. The van der Waals surface area contributed by atoms with Gasteiger partial charge in [0.1, 0.15) is 16.8 Å². The Labute approximate surface area is 88.0 Å². The predicted octanol–water partition coefficient (Wildman–Crippen LogP) is 3.07. The first kappa shape index (κ1) is 9.19. The monoisotopic (exact) mass is 224 g/mol. The SMILES string of the molecule is N#Cc1sc(-c2sccc2F)cc1N. The lowest BCUT2D eigenvalue weighted by Gasteiger charge is -1.88. The molecule has 0 saturated heterocycles. The Balaban J connectivity index is 2.54. The second kappa shape index (κ2) is 3.40. The zero-order valence-electron chi connectivity index (χ0n) is 6.95. The summed E-state index contributed by atoms with van der Waals surface area (Å²) in [5.41, 5.74) is 6.00. The molecule has 0 radical (unpaired) electrons. The van der Waals surface area contributed by atoms with Crippen LogP contribution in [0.3, 0.4) is 0 Å². The van der Waals surface area contributed by atoms with E-state index < -0.39 is 0 Å². The van der Waals surface area contributed by atoms with Crippen LogP contribution in [0.15, 0.2) is 17.5 Å². The Hall–Kier alpha value is -1.38. The van der Waals surface area contributed by atoms with Gasteiger partial charge in [0.25, 0.3) is 0 Å². The van der Waals surface area contributed by atoms with E-state index in [1.54, 1.807) is 11.4 Å². The second-order valence-electron chi connectivity index (χ2n) is 2.60. The number of nitrogen functional groups attached to an aromatic ring is 1. The highest BCUT2D eigenvalue weighted by molar-refractivity contribution is 7.22. The van der Waals surface area contributed by atoms with Crippen LogP contribution in [0.5, 0.6) is 0 Å². The summed E-state index contributed by atoms with van der Waals surface area (Å²) in [5, 5.41) is 10.4. The molecule has 0 aliphatic rings. The average Bonchev–Trinajstić information content (AvgIpc) is 2.71. The minimum absolute atomic E-state index is 0.263. The highest BCUT2D eigenvalue weighted by atomic mass is 32.1. The molecule has 0 aromatic carbocycles. The summed E-state index contributed by atoms with van der Waals surface area (Å²) in [6.45, 7) is 0. The molecule has 70 valence electrons. The molecule has 0 unspecified atom stereocenters. The Bertz CT molecular complexity index is 507. The van der Waals surface area contributed by atoms with E-state index in [0.29, 0.717) is 20.3 Å². The Morgan fingerprint density at radius 2 is 2.29 bits per heavy atom. The van der Waals surface area contributed by atoms with Gasteiger partial charge in [-0.05, 0) is 17.5 Å². The molecule has 2 heterocycles. The molecule has 14 heavy (non-hydrogen) atoms. The van der Waals surface area contributed by atoms with Gasteiger partial charge in [0, 0.05) is 0 Å². The molecule has 2 aromatic rings. The van der Waals surface area contributed by atoms with Crippen LogP contribution in [0.25, 0.3) is 9.75 Å². The summed E-state index contributed by atoms with van der Waals surface area (Å²) in [7, 11) is 0. The number of nitrogens with two attached hydrogens (primary N) is 1. The van der Waals surface area contributed by atoms with Crippen molar-refractivity contribution in [3.05, 3.63) is 28.2 Å². The molecule has 2 nitrogen and oxygen atoms in total. The quantitative estimate of drug-likeness (QED) is 0.809. The fourth-order valence-electron chi connectivity index (χ4n) is 1.07. The third-order valence-electron chi connectivity index (χ3n) is 1.70. The predicted molar refractivity (Wildman–Crippen MR) is 56.7 cm³/mol. The standard InChI is InChI=1S/C9H5FN2S2/c10-5-1-2-13-9(5)7-3-6(12)8(4-11)14-7/h1-3H,12H2. The number of nitriles is 1. The smallest absolute Gasteiger partial charge is 0.142 e. The van der Waals surface area contributed by atoms with Crippen LogP contribution in [0, 0.1) is 17.1 Å². The molecule has 2 rings (SSSR count). The van der Waals surface area contributed by atoms with Crippen molar-refractivity contribution in [2.24, 2.45) is 0 Å². The minimum atomic E-state index is -0.263. The van der Waals surface area contributed by atoms with Gasteiger partial charge in [0.2, 0.25) is 0 Å². The molecular formula is C9H5FN2S2. The van der Waals surface area contributed by atoms with E-state index in [9.17, 15) is 4.39 Å². The van der Waals surface area contributed by atoms with Crippen molar-refractivity contribution in [2.75, 3.05) is 5.73 Å². The normalized spacial score (nSPS) is 10.0. The van der Waals surface area contributed by atoms with Crippen molar-refractivity contribution in [1.82, 2.24) is 0 Å². The summed E-state index contributed by atoms with van der Waals surface area (Å²) in [4.78, 5) is 1.70. The molecule has 0 aliphatic carbocycles. The zero-order valence-corrected chi connectivity index (χ0v) is 8.58. The maximum Gasteiger partial charge on any atom is 0.142 e. The molecular weight excluding hydrogens is 219 g/mol. The number of halogens is 1. The van der Waals surface area contributed by atoms with E-state index in [0.717, 1.165) is 0 Å². The fourth-order valence-corrected chi connectivity index (χ4v) is 2.84. The first-order valence-electron chi connectivity index (χ1n) is 3.75. The Kier molecular flexibility index (Phi) is 2.23. The van der Waals surface area contributed by atoms with Gasteiger partial charge in [0.05, 0.1) is 15.4 Å². The van der Waals surface area contributed by atoms with Crippen LogP contribution in [-0.4, -0.2) is 0 Å². The molecule has 0 saturated carbocycles. The number of thiophene rings is 2. The van der Waals surface area contributed by atoms with E-state index in [1.165, 1.54) is 28.7 Å². The first-order valence-corrected chi connectivity index (χ1v) is 5.44. The maximum atomic E-state index is 13.2. The van der Waals surface area contributed by atoms with Crippen molar-refractivity contribution < 1.29 is 4.39 Å². The molecule has 0 spiro atoms. The number of hydrogen-bond acceptors (Lipinski definition) is 4. The highest BCUT2D eigenvalue weighted by Gasteiger charge is 2.12. The summed E-state index contributed by atoms with van der Waals surface area (Å²) in [6, 6.07) is 5.01. The van der Waals surface area contributed by atoms with Crippen molar-refractivity contribution in [3.63, 3.8) is 0 Å². The number of rotatable bonds is 1. The third-order valence-corrected chi connectivity index (χ3v) is 3.83. The molecule has 5 heteroatoms. The summed E-state index contributed by atoms with van der Waals surface area (Å²) in [6.07, 6.45) is 0. The number of nitrogens with zero attached hydrogens (tertiary/aromatic N) is 1.